The number of aryl methyl sites for hydroxylation is 1. The van der Waals surface area contributed by atoms with E-state index in [1.54, 1.807) is 12.1 Å². The van der Waals surface area contributed by atoms with Crippen molar-refractivity contribution in [3.05, 3.63) is 29.8 Å². The number of rotatable bonds is 2. The van der Waals surface area contributed by atoms with E-state index in [4.69, 9.17) is 5.11 Å². The maximum atomic E-state index is 8.92. The van der Waals surface area contributed by atoms with Crippen molar-refractivity contribution >= 4 is 59.1 Å². The normalized spacial score (nSPS) is 8.08. The van der Waals surface area contributed by atoms with Crippen LogP contribution in [-0.4, -0.2) is 64.2 Å². The van der Waals surface area contributed by atoms with E-state index in [0.717, 1.165) is 12.8 Å². The number of hydrogen-bond acceptors (Lipinski definition) is 1. The number of benzene rings is 1. The molecule has 1 aromatic rings. The van der Waals surface area contributed by atoms with Crippen molar-refractivity contribution in [1.29, 1.82) is 0 Å². The number of phenolic OH excluding ortho intramolecular Hbond substituents is 1. The van der Waals surface area contributed by atoms with Crippen LogP contribution in [0.1, 0.15) is 18.9 Å². The van der Waals surface area contributed by atoms with E-state index >= 15 is 0 Å². The van der Waals surface area contributed by atoms with Crippen LogP contribution >= 0.6 is 0 Å². The summed E-state index contributed by atoms with van der Waals surface area (Å²) in [5.41, 5.74) is 1.29. The predicted octanol–water partition coefficient (Wildman–Crippen LogP) is 1.05. The van der Waals surface area contributed by atoms with Gasteiger partial charge in [0.2, 0.25) is 0 Å². The molecule has 0 aliphatic carbocycles. The second-order valence-electron chi connectivity index (χ2n) is 2.42. The molecular formula is C9H14Na2O. The molecule has 0 heterocycles. The molecule has 0 bridgehead atoms. The molecule has 0 radical (unpaired) electrons. The quantitative estimate of drug-likeness (QED) is 0.681. The third-order valence-corrected chi connectivity index (χ3v) is 1.48. The summed E-state index contributed by atoms with van der Waals surface area (Å²) in [5, 5.41) is 8.92. The minimum absolute atomic E-state index is 0. The summed E-state index contributed by atoms with van der Waals surface area (Å²) in [5.74, 6) is 0.347. The van der Waals surface area contributed by atoms with Gasteiger partial charge in [-0.2, -0.15) is 0 Å². The first kappa shape index (κ1) is 15.5. The predicted molar refractivity (Wildman–Crippen MR) is 56.4 cm³/mol. The van der Waals surface area contributed by atoms with Crippen LogP contribution < -0.4 is 0 Å². The topological polar surface area (TPSA) is 20.2 Å². The van der Waals surface area contributed by atoms with Crippen molar-refractivity contribution in [1.82, 2.24) is 0 Å². The Morgan fingerprint density at radius 2 is 1.58 bits per heavy atom. The van der Waals surface area contributed by atoms with Gasteiger partial charge in [0.15, 0.2) is 0 Å². The Labute approximate surface area is 118 Å². The van der Waals surface area contributed by atoms with Crippen LogP contribution in [0.5, 0.6) is 5.75 Å². The number of phenols is 1. The third kappa shape index (κ3) is 5.63. The fraction of sp³-hybridized carbons (Fsp3) is 0.333. The Balaban J connectivity index is 0. The third-order valence-electron chi connectivity index (χ3n) is 1.48. The second kappa shape index (κ2) is 8.61. The molecule has 0 saturated heterocycles. The average Bonchev–Trinajstić information content (AvgIpc) is 1.95. The van der Waals surface area contributed by atoms with E-state index in [1.807, 2.05) is 12.1 Å². The van der Waals surface area contributed by atoms with E-state index in [1.165, 1.54) is 5.56 Å². The van der Waals surface area contributed by atoms with Gasteiger partial charge in [0, 0.05) is 0 Å². The van der Waals surface area contributed by atoms with Crippen LogP contribution in [0.2, 0.25) is 0 Å². The molecule has 0 atom stereocenters. The van der Waals surface area contributed by atoms with Crippen LogP contribution in [0.4, 0.5) is 0 Å². The second-order valence-corrected chi connectivity index (χ2v) is 2.42. The van der Waals surface area contributed by atoms with Crippen LogP contribution in [0.25, 0.3) is 0 Å². The standard InChI is InChI=1S/C9H12O.2Na.2H/c1-2-3-8-4-6-9(10)7-5-8;;;;/h4-7,10H,2-3H2,1H3;;;;. The molecule has 12 heavy (non-hydrogen) atoms. The molecule has 1 rings (SSSR count). The Morgan fingerprint density at radius 3 is 2.00 bits per heavy atom. The first-order chi connectivity index (χ1) is 4.83. The fourth-order valence-corrected chi connectivity index (χ4v) is 0.951. The molecule has 1 nitrogen and oxygen atoms in total. The Bertz CT molecular complexity index is 196. The van der Waals surface area contributed by atoms with Gasteiger partial charge in [-0.3, -0.25) is 0 Å². The van der Waals surface area contributed by atoms with Gasteiger partial charge in [-0.15, -0.1) is 0 Å². The Morgan fingerprint density at radius 1 is 1.08 bits per heavy atom. The van der Waals surface area contributed by atoms with Crippen LogP contribution in [-0.2, 0) is 6.42 Å². The van der Waals surface area contributed by atoms with Crippen molar-refractivity contribution in [2.75, 3.05) is 0 Å². The Kier molecular flexibility index (Phi) is 11.1. The Hall–Kier alpha value is 1.02. The van der Waals surface area contributed by atoms with Crippen LogP contribution in [0.3, 0.4) is 0 Å². The van der Waals surface area contributed by atoms with Crippen molar-refractivity contribution in [2.24, 2.45) is 0 Å². The molecule has 0 spiro atoms. The van der Waals surface area contributed by atoms with E-state index in [0.29, 0.717) is 5.75 Å². The van der Waals surface area contributed by atoms with Gasteiger partial charge < -0.3 is 5.11 Å². The zero-order chi connectivity index (χ0) is 7.40. The summed E-state index contributed by atoms with van der Waals surface area (Å²) in [4.78, 5) is 0. The van der Waals surface area contributed by atoms with E-state index in [-0.39, 0.29) is 59.1 Å². The van der Waals surface area contributed by atoms with Gasteiger partial charge in [0.05, 0.1) is 0 Å². The van der Waals surface area contributed by atoms with Crippen LogP contribution in [0.15, 0.2) is 24.3 Å². The summed E-state index contributed by atoms with van der Waals surface area (Å²) >= 11 is 0. The molecule has 0 saturated carbocycles. The van der Waals surface area contributed by atoms with E-state index in [2.05, 4.69) is 6.92 Å². The molecule has 1 N–H and O–H groups in total. The summed E-state index contributed by atoms with van der Waals surface area (Å²) < 4.78 is 0. The number of hydrogen-bond donors (Lipinski definition) is 1. The summed E-state index contributed by atoms with van der Waals surface area (Å²) in [6, 6.07) is 7.37. The van der Waals surface area contributed by atoms with Crippen molar-refractivity contribution < 1.29 is 5.11 Å². The van der Waals surface area contributed by atoms with E-state index < -0.39 is 0 Å². The van der Waals surface area contributed by atoms with Gasteiger partial charge in [0.25, 0.3) is 0 Å². The van der Waals surface area contributed by atoms with Gasteiger partial charge in [0.1, 0.15) is 5.75 Å². The van der Waals surface area contributed by atoms with Crippen molar-refractivity contribution in [2.45, 2.75) is 19.8 Å². The minimum atomic E-state index is 0. The zero-order valence-corrected chi connectivity index (χ0v) is 6.17. The van der Waals surface area contributed by atoms with Gasteiger partial charge >= 0.3 is 59.1 Å². The van der Waals surface area contributed by atoms with E-state index in [9.17, 15) is 0 Å². The fourth-order valence-electron chi connectivity index (χ4n) is 0.951. The molecular weight excluding hydrogens is 170 g/mol. The van der Waals surface area contributed by atoms with Crippen LogP contribution in [0, 0.1) is 0 Å². The SMILES string of the molecule is CCCc1ccc(O)cc1.[NaH].[NaH]. The average molecular weight is 184 g/mol. The maximum absolute atomic E-state index is 8.92. The summed E-state index contributed by atoms with van der Waals surface area (Å²) in [6.07, 6.45) is 2.26. The van der Waals surface area contributed by atoms with Crippen molar-refractivity contribution in [3.8, 4) is 5.75 Å². The monoisotopic (exact) mass is 184 g/mol. The first-order valence-electron chi connectivity index (χ1n) is 3.61. The van der Waals surface area contributed by atoms with Gasteiger partial charge in [-0.25, -0.2) is 0 Å². The molecule has 1 aromatic carbocycles. The van der Waals surface area contributed by atoms with Crippen molar-refractivity contribution in [3.63, 3.8) is 0 Å². The molecule has 0 aliphatic heterocycles. The molecule has 0 fully saturated rings. The zero-order valence-electron chi connectivity index (χ0n) is 6.17. The summed E-state index contributed by atoms with van der Waals surface area (Å²) in [6.45, 7) is 2.15. The molecule has 0 aromatic heterocycles. The molecule has 3 heteroatoms. The summed E-state index contributed by atoms with van der Waals surface area (Å²) in [7, 11) is 0. The first-order valence-corrected chi connectivity index (χ1v) is 3.61. The van der Waals surface area contributed by atoms with Gasteiger partial charge in [-0.1, -0.05) is 25.5 Å². The molecule has 58 valence electrons. The molecule has 0 unspecified atom stereocenters. The molecule has 0 aliphatic rings. The van der Waals surface area contributed by atoms with Gasteiger partial charge in [-0.05, 0) is 24.1 Å². The molecule has 0 amide bonds. The number of aromatic hydroxyl groups is 1.